The molecule has 1 N–H and O–H groups in total. The lowest BCUT2D eigenvalue weighted by Crippen LogP contribution is -2.37. The maximum absolute atomic E-state index is 12.2. The Morgan fingerprint density at radius 3 is 2.79 bits per heavy atom. The zero-order valence-electron chi connectivity index (χ0n) is 14.2. The minimum Gasteiger partial charge on any atom is -0.480 e. The van der Waals surface area contributed by atoms with Crippen molar-refractivity contribution >= 4 is 28.4 Å². The zero-order valence-corrected chi connectivity index (χ0v) is 15.0. The largest absolute Gasteiger partial charge is 0.480 e. The number of thioether (sulfide) groups is 1. The van der Waals surface area contributed by atoms with Crippen molar-refractivity contribution in [1.82, 2.24) is 5.32 Å². The fraction of sp³-hybridized carbons (Fsp3) is 0.450. The van der Waals surface area contributed by atoms with Gasteiger partial charge < -0.3 is 10.1 Å². The van der Waals surface area contributed by atoms with E-state index in [4.69, 9.17) is 4.74 Å². The van der Waals surface area contributed by atoms with Gasteiger partial charge in [0.2, 0.25) is 0 Å². The van der Waals surface area contributed by atoms with Crippen molar-refractivity contribution in [3.05, 3.63) is 42.5 Å². The van der Waals surface area contributed by atoms with Gasteiger partial charge in [0.05, 0.1) is 0 Å². The maximum Gasteiger partial charge on any atom is 0.260 e. The third-order valence-corrected chi connectivity index (χ3v) is 5.86. The number of benzene rings is 2. The van der Waals surface area contributed by atoms with E-state index in [1.165, 1.54) is 25.7 Å². The Balaban J connectivity index is 1.48. The van der Waals surface area contributed by atoms with Crippen molar-refractivity contribution in [2.45, 2.75) is 44.0 Å². The molecule has 2 aromatic carbocycles. The lowest BCUT2D eigenvalue weighted by molar-refractivity contribution is -0.127. The summed E-state index contributed by atoms with van der Waals surface area (Å²) in [5.74, 6) is 1.70. The summed E-state index contributed by atoms with van der Waals surface area (Å²) in [4.78, 5) is 12.2. The molecule has 1 atom stereocenters. The normalized spacial score (nSPS) is 16.2. The summed E-state index contributed by atoms with van der Waals surface area (Å²) in [6.07, 6.45) is 4.89. The van der Waals surface area contributed by atoms with Crippen LogP contribution in [0.4, 0.5) is 0 Å². The number of carbonyl (C=O) groups is 1. The Labute approximate surface area is 148 Å². The van der Waals surface area contributed by atoms with Gasteiger partial charge in [-0.3, -0.25) is 4.79 Å². The average molecular weight is 343 g/mol. The van der Waals surface area contributed by atoms with Crippen LogP contribution >= 0.6 is 11.8 Å². The monoisotopic (exact) mass is 343 g/mol. The SMILES string of the molecule is CC(Oc1cccc2ccccc12)C(=O)NCCSC1CCCC1. The van der Waals surface area contributed by atoms with E-state index in [1.54, 1.807) is 6.92 Å². The minimum atomic E-state index is -0.493. The molecule has 1 saturated carbocycles. The smallest absolute Gasteiger partial charge is 0.260 e. The molecule has 4 heteroatoms. The van der Waals surface area contributed by atoms with Crippen molar-refractivity contribution in [3.8, 4) is 5.75 Å². The van der Waals surface area contributed by atoms with Crippen LogP contribution in [0.1, 0.15) is 32.6 Å². The van der Waals surface area contributed by atoms with Gasteiger partial charge in [0.25, 0.3) is 5.91 Å². The Morgan fingerprint density at radius 1 is 1.21 bits per heavy atom. The Bertz CT molecular complexity index is 677. The van der Waals surface area contributed by atoms with Gasteiger partial charge in [-0.15, -0.1) is 0 Å². The number of fused-ring (bicyclic) bond motifs is 1. The predicted octanol–water partition coefficient (Wildman–Crippen LogP) is 4.40. The van der Waals surface area contributed by atoms with Crippen LogP contribution in [-0.4, -0.2) is 29.6 Å². The van der Waals surface area contributed by atoms with Crippen molar-refractivity contribution in [1.29, 1.82) is 0 Å². The Kier molecular flexibility index (Phi) is 6.02. The van der Waals surface area contributed by atoms with Gasteiger partial charge in [0, 0.05) is 22.9 Å². The molecule has 1 fully saturated rings. The lowest BCUT2D eigenvalue weighted by atomic mass is 10.1. The summed E-state index contributed by atoms with van der Waals surface area (Å²) in [5.41, 5.74) is 0. The Hall–Kier alpha value is -1.68. The van der Waals surface area contributed by atoms with E-state index in [0.717, 1.165) is 27.5 Å². The molecule has 128 valence electrons. The van der Waals surface area contributed by atoms with E-state index in [1.807, 2.05) is 54.2 Å². The first-order chi connectivity index (χ1) is 11.7. The van der Waals surface area contributed by atoms with Gasteiger partial charge in [-0.05, 0) is 31.2 Å². The van der Waals surface area contributed by atoms with Gasteiger partial charge >= 0.3 is 0 Å². The van der Waals surface area contributed by atoms with E-state index in [2.05, 4.69) is 5.32 Å². The lowest BCUT2D eigenvalue weighted by Gasteiger charge is -2.16. The quantitative estimate of drug-likeness (QED) is 0.757. The number of nitrogens with one attached hydrogen (secondary N) is 1. The highest BCUT2D eigenvalue weighted by Gasteiger charge is 2.17. The van der Waals surface area contributed by atoms with Crippen LogP contribution in [0.15, 0.2) is 42.5 Å². The van der Waals surface area contributed by atoms with Gasteiger partial charge in [-0.25, -0.2) is 0 Å². The molecule has 0 aromatic heterocycles. The van der Waals surface area contributed by atoms with E-state index in [-0.39, 0.29) is 5.91 Å². The average Bonchev–Trinajstić information content (AvgIpc) is 3.12. The molecule has 0 radical (unpaired) electrons. The van der Waals surface area contributed by atoms with Crippen molar-refractivity contribution in [3.63, 3.8) is 0 Å². The van der Waals surface area contributed by atoms with Crippen LogP contribution in [0.3, 0.4) is 0 Å². The molecule has 24 heavy (non-hydrogen) atoms. The minimum absolute atomic E-state index is 0.0463. The van der Waals surface area contributed by atoms with E-state index >= 15 is 0 Å². The number of rotatable bonds is 7. The molecule has 0 bridgehead atoms. The zero-order chi connectivity index (χ0) is 16.8. The summed E-state index contributed by atoms with van der Waals surface area (Å²) >= 11 is 1.99. The van der Waals surface area contributed by atoms with Crippen molar-refractivity contribution < 1.29 is 9.53 Å². The molecular formula is C20H25NO2S. The number of carbonyl (C=O) groups excluding carboxylic acids is 1. The molecule has 3 rings (SSSR count). The maximum atomic E-state index is 12.2. The highest BCUT2D eigenvalue weighted by Crippen LogP contribution is 2.29. The fourth-order valence-electron chi connectivity index (χ4n) is 3.14. The number of ether oxygens (including phenoxy) is 1. The molecule has 0 spiro atoms. The second kappa shape index (κ2) is 8.43. The van der Waals surface area contributed by atoms with Crippen LogP contribution in [0.25, 0.3) is 10.8 Å². The summed E-state index contributed by atoms with van der Waals surface area (Å²) in [5, 5.41) is 5.95. The summed E-state index contributed by atoms with van der Waals surface area (Å²) in [7, 11) is 0. The Morgan fingerprint density at radius 2 is 1.96 bits per heavy atom. The topological polar surface area (TPSA) is 38.3 Å². The van der Waals surface area contributed by atoms with Crippen LogP contribution in [-0.2, 0) is 4.79 Å². The first-order valence-electron chi connectivity index (χ1n) is 8.78. The van der Waals surface area contributed by atoms with Gasteiger partial charge in [0.1, 0.15) is 5.75 Å². The van der Waals surface area contributed by atoms with Crippen LogP contribution in [0.5, 0.6) is 5.75 Å². The molecule has 1 amide bonds. The third kappa shape index (κ3) is 4.44. The van der Waals surface area contributed by atoms with Crippen molar-refractivity contribution in [2.75, 3.05) is 12.3 Å². The van der Waals surface area contributed by atoms with Gasteiger partial charge in [0.15, 0.2) is 6.10 Å². The number of hydrogen-bond donors (Lipinski definition) is 1. The van der Waals surface area contributed by atoms with Crippen LogP contribution in [0.2, 0.25) is 0 Å². The molecule has 1 unspecified atom stereocenters. The van der Waals surface area contributed by atoms with Gasteiger partial charge in [-0.1, -0.05) is 49.2 Å². The van der Waals surface area contributed by atoms with E-state index in [9.17, 15) is 4.79 Å². The van der Waals surface area contributed by atoms with E-state index < -0.39 is 6.10 Å². The summed E-state index contributed by atoms with van der Waals surface area (Å²) < 4.78 is 5.90. The van der Waals surface area contributed by atoms with Crippen LogP contribution < -0.4 is 10.1 Å². The van der Waals surface area contributed by atoms with Gasteiger partial charge in [-0.2, -0.15) is 11.8 Å². The molecule has 1 aliphatic carbocycles. The second-order valence-corrected chi connectivity index (χ2v) is 7.71. The third-order valence-electron chi connectivity index (χ3n) is 4.48. The first-order valence-corrected chi connectivity index (χ1v) is 9.82. The van der Waals surface area contributed by atoms with Crippen LogP contribution in [0, 0.1) is 0 Å². The van der Waals surface area contributed by atoms with Crippen molar-refractivity contribution in [2.24, 2.45) is 0 Å². The fourth-order valence-corrected chi connectivity index (χ4v) is 4.36. The molecule has 3 nitrogen and oxygen atoms in total. The summed E-state index contributed by atoms with van der Waals surface area (Å²) in [6, 6.07) is 14.0. The molecule has 1 aliphatic rings. The molecule has 0 saturated heterocycles. The first kappa shape index (κ1) is 17.2. The highest BCUT2D eigenvalue weighted by atomic mass is 32.2. The van der Waals surface area contributed by atoms with E-state index in [0.29, 0.717) is 6.54 Å². The molecule has 0 aliphatic heterocycles. The standard InChI is InChI=1S/C20H25NO2S/c1-15(20(22)21-13-14-24-17-9-3-4-10-17)23-19-12-6-8-16-7-2-5-11-18(16)19/h2,5-8,11-12,15,17H,3-4,9-10,13-14H2,1H3,(H,21,22). The summed E-state index contributed by atoms with van der Waals surface area (Å²) in [6.45, 7) is 2.52. The highest BCUT2D eigenvalue weighted by molar-refractivity contribution is 7.99. The number of amides is 1. The molecule has 0 heterocycles. The molecular weight excluding hydrogens is 318 g/mol. The second-order valence-electron chi connectivity index (χ2n) is 6.31. The number of hydrogen-bond acceptors (Lipinski definition) is 3. The molecule has 2 aromatic rings. The predicted molar refractivity (Wildman–Crippen MR) is 102 cm³/mol.